The van der Waals surface area contributed by atoms with Gasteiger partial charge >= 0.3 is 0 Å². The standard InChI is InChI=1S/C38H38Cl4N6O4/c1-51-29-9-27(45-35(41)25(29)13-47-17-37(18-47)11-31(49)43-15-37)23-7-3-5-21(33(23)39)22-6-4-8-24(34(22)40)28-10-30(52-2)26(36(42)46-28)14-48-19-38(20-48)12-32(50)44-16-38/h3-10,31,43,49H,11-20H2,1-2H3,(H,44,50). The van der Waals surface area contributed by atoms with Crippen molar-refractivity contribution in [3.8, 4) is 45.1 Å². The first-order chi connectivity index (χ1) is 25.0. The number of aliphatic hydroxyl groups excluding tert-OH is 1. The van der Waals surface area contributed by atoms with Gasteiger partial charge in [0.1, 0.15) is 28.0 Å². The van der Waals surface area contributed by atoms with Crippen molar-refractivity contribution in [1.29, 1.82) is 0 Å². The first kappa shape index (κ1) is 35.8. The van der Waals surface area contributed by atoms with Crippen molar-refractivity contribution < 1.29 is 19.4 Å². The van der Waals surface area contributed by atoms with Crippen LogP contribution in [0.15, 0.2) is 48.5 Å². The summed E-state index contributed by atoms with van der Waals surface area (Å²) in [6, 6.07) is 15.1. The van der Waals surface area contributed by atoms with Gasteiger partial charge in [0, 0.05) is 115 Å². The van der Waals surface area contributed by atoms with E-state index in [0.29, 0.717) is 91.5 Å². The zero-order valence-corrected chi connectivity index (χ0v) is 31.8. The van der Waals surface area contributed by atoms with Crippen LogP contribution < -0.4 is 20.1 Å². The third-order valence-electron chi connectivity index (χ3n) is 10.9. The number of carbonyl (C=O) groups excluding carboxylic acids is 1. The van der Waals surface area contributed by atoms with Gasteiger partial charge in [0.15, 0.2) is 0 Å². The number of aliphatic hydroxyl groups is 1. The van der Waals surface area contributed by atoms with Crippen LogP contribution in [0, 0.1) is 10.8 Å². The van der Waals surface area contributed by atoms with Gasteiger partial charge in [-0.3, -0.25) is 19.9 Å². The maximum absolute atomic E-state index is 11.8. The second-order valence-electron chi connectivity index (χ2n) is 14.6. The molecule has 2 aromatic heterocycles. The summed E-state index contributed by atoms with van der Waals surface area (Å²) in [5.41, 5.74) is 5.63. The van der Waals surface area contributed by atoms with Gasteiger partial charge < -0.3 is 19.9 Å². The number of benzene rings is 2. The smallest absolute Gasteiger partial charge is 0.220 e. The Morgan fingerprint density at radius 1 is 0.769 bits per heavy atom. The van der Waals surface area contributed by atoms with Crippen LogP contribution in [0.1, 0.15) is 24.0 Å². The molecular weight excluding hydrogens is 746 g/mol. The number of aromatic nitrogens is 2. The third-order valence-corrected chi connectivity index (χ3v) is 12.3. The lowest BCUT2D eigenvalue weighted by molar-refractivity contribution is -0.120. The second kappa shape index (κ2) is 13.9. The summed E-state index contributed by atoms with van der Waals surface area (Å²) in [7, 11) is 3.23. The second-order valence-corrected chi connectivity index (χ2v) is 16.1. The minimum Gasteiger partial charge on any atom is -0.496 e. The Kier molecular flexibility index (Phi) is 9.58. The predicted octanol–water partition coefficient (Wildman–Crippen LogP) is 6.54. The minimum atomic E-state index is -0.441. The van der Waals surface area contributed by atoms with Crippen LogP contribution in [0.3, 0.4) is 0 Å². The van der Waals surface area contributed by atoms with Crippen LogP contribution in [0.5, 0.6) is 11.5 Å². The molecule has 0 radical (unpaired) electrons. The Morgan fingerprint density at radius 2 is 1.25 bits per heavy atom. The largest absolute Gasteiger partial charge is 0.496 e. The van der Waals surface area contributed by atoms with E-state index in [1.165, 1.54) is 0 Å². The van der Waals surface area contributed by atoms with Gasteiger partial charge in [-0.25, -0.2) is 9.97 Å². The number of carbonyl (C=O) groups is 1. The van der Waals surface area contributed by atoms with Gasteiger partial charge in [0.25, 0.3) is 0 Å². The van der Waals surface area contributed by atoms with E-state index in [2.05, 4.69) is 20.4 Å². The normalized spacial score (nSPS) is 20.6. The van der Waals surface area contributed by atoms with E-state index in [9.17, 15) is 9.90 Å². The number of nitrogens with zero attached hydrogens (tertiary/aromatic N) is 4. The van der Waals surface area contributed by atoms with E-state index in [-0.39, 0.29) is 16.7 Å². The summed E-state index contributed by atoms with van der Waals surface area (Å²) < 4.78 is 11.6. The molecule has 4 aliphatic rings. The fraction of sp³-hybridized carbons (Fsp3) is 0.395. The first-order valence-electron chi connectivity index (χ1n) is 17.2. The van der Waals surface area contributed by atoms with Crippen LogP contribution >= 0.6 is 46.4 Å². The van der Waals surface area contributed by atoms with Crippen LogP contribution in [0.4, 0.5) is 0 Å². The number of hydrogen-bond acceptors (Lipinski definition) is 9. The molecule has 2 aromatic carbocycles. The fourth-order valence-electron chi connectivity index (χ4n) is 8.42. The SMILES string of the molecule is COc1cc(-c2cccc(-c3cccc(-c4cc(OC)c(CN5CC6(CNC(O)C6)C5)c(Cl)n4)c3Cl)c2Cl)nc(Cl)c1CN1CC2(CNC(=O)C2)C1. The highest BCUT2D eigenvalue weighted by molar-refractivity contribution is 6.39. The van der Waals surface area contributed by atoms with Gasteiger partial charge in [-0.05, 0) is 6.42 Å². The number of hydrogen-bond donors (Lipinski definition) is 3. The van der Waals surface area contributed by atoms with Crippen molar-refractivity contribution in [3.05, 3.63) is 80.0 Å². The van der Waals surface area contributed by atoms with Crippen molar-refractivity contribution in [1.82, 2.24) is 30.4 Å². The Bertz CT molecular complexity index is 2070. The summed E-state index contributed by atoms with van der Waals surface area (Å²) in [6.45, 7) is 6.02. The maximum Gasteiger partial charge on any atom is 0.220 e. The molecule has 4 aromatic rings. The molecule has 272 valence electrons. The van der Waals surface area contributed by atoms with Crippen LogP contribution in [-0.2, 0) is 17.9 Å². The van der Waals surface area contributed by atoms with E-state index in [0.717, 1.165) is 50.3 Å². The number of nitrogens with one attached hydrogen (secondary N) is 2. The molecule has 1 unspecified atom stereocenters. The maximum atomic E-state index is 11.8. The molecule has 14 heteroatoms. The van der Waals surface area contributed by atoms with Gasteiger partial charge in [-0.1, -0.05) is 82.8 Å². The number of rotatable bonds is 9. The monoisotopic (exact) mass is 782 g/mol. The van der Waals surface area contributed by atoms with Crippen molar-refractivity contribution in [2.24, 2.45) is 10.8 Å². The average molecular weight is 785 g/mol. The lowest BCUT2D eigenvalue weighted by Crippen LogP contribution is -2.56. The topological polar surface area (TPSA) is 112 Å². The van der Waals surface area contributed by atoms with Crippen molar-refractivity contribution >= 4 is 52.3 Å². The van der Waals surface area contributed by atoms with Gasteiger partial charge in [0.2, 0.25) is 5.91 Å². The molecular formula is C38H38Cl4N6O4. The molecule has 10 nitrogen and oxygen atoms in total. The van der Waals surface area contributed by atoms with E-state index < -0.39 is 6.23 Å². The zero-order valence-electron chi connectivity index (χ0n) is 28.7. The van der Waals surface area contributed by atoms with Crippen molar-refractivity contribution in [2.45, 2.75) is 32.2 Å². The summed E-state index contributed by atoms with van der Waals surface area (Å²) in [4.78, 5) is 25.9. The first-order valence-corrected chi connectivity index (χ1v) is 18.7. The van der Waals surface area contributed by atoms with E-state index in [4.69, 9.17) is 65.8 Å². The molecule has 4 fully saturated rings. The molecule has 8 rings (SSSR count). The lowest BCUT2D eigenvalue weighted by atomic mass is 9.78. The summed E-state index contributed by atoms with van der Waals surface area (Å²) in [5.74, 6) is 1.35. The molecule has 3 N–H and O–H groups in total. The third kappa shape index (κ3) is 6.51. The van der Waals surface area contributed by atoms with Crippen molar-refractivity contribution in [3.63, 3.8) is 0 Å². The summed E-state index contributed by atoms with van der Waals surface area (Å²) >= 11 is 27.9. The highest BCUT2D eigenvalue weighted by Crippen LogP contribution is 2.46. The number of halogens is 4. The zero-order chi connectivity index (χ0) is 36.4. The van der Waals surface area contributed by atoms with Gasteiger partial charge in [0.05, 0.1) is 35.7 Å². The molecule has 0 bridgehead atoms. The number of amides is 1. The molecule has 2 spiro atoms. The number of pyridine rings is 2. The summed E-state index contributed by atoms with van der Waals surface area (Å²) in [5, 5.41) is 17.6. The molecule has 1 amide bonds. The number of likely N-dealkylation sites (tertiary alicyclic amines) is 2. The molecule has 6 heterocycles. The average Bonchev–Trinajstić information content (AvgIpc) is 3.69. The highest BCUT2D eigenvalue weighted by Gasteiger charge is 2.49. The highest BCUT2D eigenvalue weighted by atomic mass is 35.5. The van der Waals surface area contributed by atoms with E-state index >= 15 is 0 Å². The summed E-state index contributed by atoms with van der Waals surface area (Å²) in [6.07, 6.45) is 0.869. The fourth-order valence-corrected chi connectivity index (χ4v) is 9.56. The molecule has 4 saturated heterocycles. The number of methoxy groups -OCH3 is 2. The Balaban J connectivity index is 1.05. The molecule has 0 saturated carbocycles. The predicted molar refractivity (Wildman–Crippen MR) is 203 cm³/mol. The quantitative estimate of drug-likeness (QED) is 0.163. The van der Waals surface area contributed by atoms with Crippen LogP contribution in [-0.4, -0.2) is 90.5 Å². The Morgan fingerprint density at radius 3 is 1.67 bits per heavy atom. The van der Waals surface area contributed by atoms with Gasteiger partial charge in [-0.2, -0.15) is 0 Å². The van der Waals surface area contributed by atoms with Gasteiger partial charge in [-0.15, -0.1) is 0 Å². The Hall–Kier alpha value is -3.19. The molecule has 4 aliphatic heterocycles. The van der Waals surface area contributed by atoms with E-state index in [1.807, 2.05) is 48.5 Å². The minimum absolute atomic E-state index is 0.00592. The molecule has 0 aliphatic carbocycles. The molecule has 1 atom stereocenters. The number of ether oxygens (including phenoxy) is 2. The van der Waals surface area contributed by atoms with Crippen LogP contribution in [0.25, 0.3) is 33.6 Å². The van der Waals surface area contributed by atoms with Crippen LogP contribution in [0.2, 0.25) is 20.4 Å². The molecule has 52 heavy (non-hydrogen) atoms. The lowest BCUT2D eigenvalue weighted by Gasteiger charge is -2.48. The van der Waals surface area contributed by atoms with Crippen molar-refractivity contribution in [2.75, 3.05) is 53.5 Å². The van der Waals surface area contributed by atoms with E-state index in [1.54, 1.807) is 14.2 Å². The Labute approximate surface area is 322 Å².